The maximum absolute atomic E-state index is 13.2. The number of nitrogens with zero attached hydrogens (tertiary/aromatic N) is 1. The Morgan fingerprint density at radius 3 is 2.64 bits per heavy atom. The van der Waals surface area contributed by atoms with Gasteiger partial charge in [-0.1, -0.05) is 12.1 Å². The number of piperidine rings is 1. The zero-order valence-corrected chi connectivity index (χ0v) is 19.2. The highest BCUT2D eigenvalue weighted by atomic mass is 32.2. The molecule has 2 heterocycles. The predicted molar refractivity (Wildman–Crippen MR) is 120 cm³/mol. The summed E-state index contributed by atoms with van der Waals surface area (Å²) in [6.07, 6.45) is 0.987. The summed E-state index contributed by atoms with van der Waals surface area (Å²) in [5.74, 6) is -1.69. The maximum atomic E-state index is 13.2. The molecule has 0 saturated carbocycles. The quantitative estimate of drug-likeness (QED) is 0.414. The average Bonchev–Trinajstić information content (AvgIpc) is 2.80. The Kier molecular flexibility index (Phi) is 6.36. The van der Waals surface area contributed by atoms with Gasteiger partial charge >= 0.3 is 11.6 Å². The molecule has 0 spiro atoms. The minimum atomic E-state index is -3.85. The van der Waals surface area contributed by atoms with Gasteiger partial charge in [0.1, 0.15) is 18.0 Å². The average molecular weight is 474 g/mol. The lowest BCUT2D eigenvalue weighted by molar-refractivity contribution is -0.151. The molecular weight excluding hydrogens is 449 g/mol. The fourth-order valence-electron chi connectivity index (χ4n) is 4.02. The van der Waals surface area contributed by atoms with Crippen LogP contribution in [0.4, 0.5) is 4.39 Å². The standard InChI is InChI=1S/C24H24FNO6S/c1-15-5-10-21-18(12-22(27)32-23(21)16(15)2)14-31-24(28)17-4-3-11-26(13-17)33(29,30)20-8-6-19(25)7-9-20/h5-10,12,17H,3-4,11,13-14H2,1-2H3. The SMILES string of the molecule is Cc1ccc2c(COC(=O)C3CCCN(S(=O)(=O)c4ccc(F)cc4)C3)cc(=O)oc2c1C. The number of halogens is 1. The summed E-state index contributed by atoms with van der Waals surface area (Å²) in [6.45, 7) is 3.90. The van der Waals surface area contributed by atoms with Crippen molar-refractivity contribution in [3.05, 3.63) is 75.4 Å². The lowest BCUT2D eigenvalue weighted by Gasteiger charge is -2.30. The first-order valence-electron chi connectivity index (χ1n) is 10.6. The van der Waals surface area contributed by atoms with Gasteiger partial charge in [-0.05, 0) is 62.1 Å². The molecule has 4 rings (SSSR count). The Balaban J connectivity index is 1.49. The van der Waals surface area contributed by atoms with E-state index in [0.717, 1.165) is 23.3 Å². The zero-order valence-electron chi connectivity index (χ0n) is 18.3. The number of carbonyl (C=O) groups excluding carboxylic acids is 1. The highest BCUT2D eigenvalue weighted by Crippen LogP contribution is 2.27. The number of fused-ring (bicyclic) bond motifs is 1. The molecule has 1 fully saturated rings. The van der Waals surface area contributed by atoms with E-state index < -0.39 is 33.4 Å². The summed E-state index contributed by atoms with van der Waals surface area (Å²) in [5.41, 5.74) is 2.28. The largest absolute Gasteiger partial charge is 0.461 e. The number of hydrogen-bond donors (Lipinski definition) is 0. The van der Waals surface area contributed by atoms with Gasteiger partial charge in [0.05, 0.1) is 10.8 Å². The number of carbonyl (C=O) groups is 1. The molecular formula is C24H24FNO6S. The molecule has 1 atom stereocenters. The van der Waals surface area contributed by atoms with Crippen LogP contribution in [-0.4, -0.2) is 31.8 Å². The molecule has 1 aromatic heterocycles. The first-order chi connectivity index (χ1) is 15.7. The molecule has 2 aromatic carbocycles. The molecule has 9 heteroatoms. The number of sulfonamides is 1. The van der Waals surface area contributed by atoms with Crippen LogP contribution in [0.3, 0.4) is 0 Å². The predicted octanol–water partition coefficient (Wildman–Crippen LogP) is 3.69. The third kappa shape index (κ3) is 4.69. The normalized spacial score (nSPS) is 17.2. The first-order valence-corrected chi connectivity index (χ1v) is 12.1. The molecule has 0 amide bonds. The summed E-state index contributed by atoms with van der Waals surface area (Å²) >= 11 is 0. The second-order valence-corrected chi connectivity index (χ2v) is 10.2. The number of esters is 1. The van der Waals surface area contributed by atoms with E-state index in [1.54, 1.807) is 0 Å². The van der Waals surface area contributed by atoms with Crippen LogP contribution in [0.2, 0.25) is 0 Å². The molecule has 0 bridgehead atoms. The summed E-state index contributed by atoms with van der Waals surface area (Å²) in [4.78, 5) is 24.8. The highest BCUT2D eigenvalue weighted by molar-refractivity contribution is 7.89. The van der Waals surface area contributed by atoms with Gasteiger partial charge < -0.3 is 9.15 Å². The van der Waals surface area contributed by atoms with Crippen molar-refractivity contribution < 1.29 is 26.8 Å². The Labute approximate surface area is 190 Å². The van der Waals surface area contributed by atoms with Crippen molar-refractivity contribution in [2.24, 2.45) is 5.92 Å². The number of hydrogen-bond acceptors (Lipinski definition) is 6. The number of benzene rings is 2. The van der Waals surface area contributed by atoms with Crippen molar-refractivity contribution in [2.75, 3.05) is 13.1 Å². The topological polar surface area (TPSA) is 93.9 Å². The second kappa shape index (κ2) is 9.07. The lowest BCUT2D eigenvalue weighted by Crippen LogP contribution is -2.42. The van der Waals surface area contributed by atoms with Crippen molar-refractivity contribution >= 4 is 27.0 Å². The van der Waals surface area contributed by atoms with Crippen molar-refractivity contribution in [1.82, 2.24) is 4.31 Å². The number of aryl methyl sites for hydroxylation is 2. The highest BCUT2D eigenvalue weighted by Gasteiger charge is 2.34. The summed E-state index contributed by atoms with van der Waals surface area (Å²) < 4.78 is 51.0. The maximum Gasteiger partial charge on any atom is 0.336 e. The number of rotatable bonds is 5. The van der Waals surface area contributed by atoms with Crippen LogP contribution in [-0.2, 0) is 26.2 Å². The van der Waals surface area contributed by atoms with E-state index in [9.17, 15) is 22.4 Å². The van der Waals surface area contributed by atoms with E-state index in [2.05, 4.69) is 0 Å². The van der Waals surface area contributed by atoms with E-state index in [1.165, 1.54) is 22.5 Å². The van der Waals surface area contributed by atoms with Crippen LogP contribution < -0.4 is 5.63 Å². The lowest BCUT2D eigenvalue weighted by atomic mass is 10.00. The van der Waals surface area contributed by atoms with Crippen LogP contribution in [0.25, 0.3) is 11.0 Å². The molecule has 0 N–H and O–H groups in total. The Hall–Kier alpha value is -3.04. The minimum absolute atomic E-state index is 0.0193. The Morgan fingerprint density at radius 2 is 1.91 bits per heavy atom. The van der Waals surface area contributed by atoms with Gasteiger partial charge in [-0.2, -0.15) is 4.31 Å². The molecule has 0 radical (unpaired) electrons. The minimum Gasteiger partial charge on any atom is -0.461 e. The molecule has 33 heavy (non-hydrogen) atoms. The van der Waals surface area contributed by atoms with Gasteiger partial charge in [-0.25, -0.2) is 17.6 Å². The molecule has 1 saturated heterocycles. The molecule has 3 aromatic rings. The van der Waals surface area contributed by atoms with Gasteiger partial charge in [0, 0.05) is 30.1 Å². The molecule has 1 unspecified atom stereocenters. The van der Waals surface area contributed by atoms with E-state index in [1.807, 2.05) is 26.0 Å². The summed E-state index contributed by atoms with van der Waals surface area (Å²) in [7, 11) is -3.85. The van der Waals surface area contributed by atoms with E-state index >= 15 is 0 Å². The van der Waals surface area contributed by atoms with Gasteiger partial charge in [0.2, 0.25) is 10.0 Å². The third-order valence-corrected chi connectivity index (χ3v) is 7.94. The van der Waals surface area contributed by atoms with Crippen molar-refractivity contribution in [3.8, 4) is 0 Å². The van der Waals surface area contributed by atoms with Gasteiger partial charge in [-0.3, -0.25) is 4.79 Å². The molecule has 0 aliphatic carbocycles. The molecule has 1 aliphatic heterocycles. The van der Waals surface area contributed by atoms with Crippen LogP contribution in [0.1, 0.15) is 29.5 Å². The summed E-state index contributed by atoms with van der Waals surface area (Å²) in [5, 5.41) is 0.689. The fraction of sp³-hybridized carbons (Fsp3) is 0.333. The van der Waals surface area contributed by atoms with E-state index in [0.29, 0.717) is 29.4 Å². The molecule has 1 aliphatic rings. The van der Waals surface area contributed by atoms with Crippen LogP contribution in [0.15, 0.2) is 56.6 Å². The second-order valence-electron chi connectivity index (χ2n) is 8.24. The van der Waals surface area contributed by atoms with Crippen LogP contribution in [0.5, 0.6) is 0 Å². The van der Waals surface area contributed by atoms with Crippen molar-refractivity contribution in [1.29, 1.82) is 0 Å². The number of ether oxygens (including phenoxy) is 1. The van der Waals surface area contributed by atoms with E-state index in [4.69, 9.17) is 9.15 Å². The first kappa shape index (κ1) is 23.1. The van der Waals surface area contributed by atoms with Gasteiger partial charge in [-0.15, -0.1) is 0 Å². The van der Waals surface area contributed by atoms with Gasteiger partial charge in [0.15, 0.2) is 0 Å². The summed E-state index contributed by atoms with van der Waals surface area (Å²) in [6, 6.07) is 9.63. The van der Waals surface area contributed by atoms with Gasteiger partial charge in [0.25, 0.3) is 0 Å². The van der Waals surface area contributed by atoms with Crippen molar-refractivity contribution in [2.45, 2.75) is 38.2 Å². The van der Waals surface area contributed by atoms with Crippen LogP contribution in [0, 0.1) is 25.6 Å². The zero-order chi connectivity index (χ0) is 23.8. The monoisotopic (exact) mass is 473 g/mol. The van der Waals surface area contributed by atoms with Crippen LogP contribution >= 0.6 is 0 Å². The third-order valence-electron chi connectivity index (χ3n) is 6.06. The Morgan fingerprint density at radius 1 is 1.18 bits per heavy atom. The molecule has 7 nitrogen and oxygen atoms in total. The van der Waals surface area contributed by atoms with Crippen molar-refractivity contribution in [3.63, 3.8) is 0 Å². The van der Waals surface area contributed by atoms with E-state index in [-0.39, 0.29) is 24.6 Å². The molecule has 174 valence electrons. The Bertz CT molecular complexity index is 1360. The fourth-order valence-corrected chi connectivity index (χ4v) is 5.54. The smallest absolute Gasteiger partial charge is 0.336 e.